The first-order valence-corrected chi connectivity index (χ1v) is 7.73. The Kier molecular flexibility index (Phi) is 5.27. The molecule has 2 atom stereocenters. The predicted octanol–water partition coefficient (Wildman–Crippen LogP) is 2.01. The summed E-state index contributed by atoms with van der Waals surface area (Å²) in [5, 5.41) is 3.57. The Morgan fingerprint density at radius 3 is 2.85 bits per heavy atom. The van der Waals surface area contributed by atoms with Crippen LogP contribution in [0.5, 0.6) is 0 Å². The second-order valence-electron chi connectivity index (χ2n) is 6.90. The number of hydrogen-bond donors (Lipinski definition) is 1. The van der Waals surface area contributed by atoms with E-state index in [1.165, 1.54) is 12.8 Å². The highest BCUT2D eigenvalue weighted by atomic mass is 16.6. The molecule has 5 heteroatoms. The van der Waals surface area contributed by atoms with E-state index in [0.29, 0.717) is 12.0 Å². The average molecular weight is 284 g/mol. The lowest BCUT2D eigenvalue weighted by atomic mass is 10.0. The summed E-state index contributed by atoms with van der Waals surface area (Å²) in [6, 6.07) is 0.393. The number of nitrogens with zero attached hydrogens (tertiary/aromatic N) is 1. The third kappa shape index (κ3) is 4.94. The number of rotatable bonds is 3. The van der Waals surface area contributed by atoms with Crippen molar-refractivity contribution in [3.63, 3.8) is 0 Å². The van der Waals surface area contributed by atoms with Crippen LogP contribution >= 0.6 is 0 Å². The van der Waals surface area contributed by atoms with Gasteiger partial charge in [0.1, 0.15) is 5.60 Å². The van der Waals surface area contributed by atoms with Crippen molar-refractivity contribution in [1.29, 1.82) is 0 Å². The van der Waals surface area contributed by atoms with Crippen LogP contribution in [-0.4, -0.2) is 55.5 Å². The summed E-state index contributed by atoms with van der Waals surface area (Å²) < 4.78 is 10.9. The van der Waals surface area contributed by atoms with E-state index in [2.05, 4.69) is 5.32 Å². The fraction of sp³-hybridized carbons (Fsp3) is 0.933. The monoisotopic (exact) mass is 284 g/mol. The van der Waals surface area contributed by atoms with Gasteiger partial charge in [0.05, 0.1) is 6.61 Å². The number of amides is 1. The number of carbonyl (C=O) groups excluding carboxylic acids is 1. The van der Waals surface area contributed by atoms with E-state index in [-0.39, 0.29) is 6.09 Å². The Hall–Kier alpha value is -0.810. The van der Waals surface area contributed by atoms with Crippen molar-refractivity contribution in [2.75, 3.05) is 32.8 Å². The lowest BCUT2D eigenvalue weighted by molar-refractivity contribution is 0.0288. The third-order valence-corrected chi connectivity index (χ3v) is 3.79. The summed E-state index contributed by atoms with van der Waals surface area (Å²) >= 11 is 0. The van der Waals surface area contributed by atoms with Crippen LogP contribution in [0.3, 0.4) is 0 Å². The van der Waals surface area contributed by atoms with Gasteiger partial charge in [0, 0.05) is 32.3 Å². The second kappa shape index (κ2) is 6.76. The number of likely N-dealkylation sites (tertiary alicyclic amines) is 1. The van der Waals surface area contributed by atoms with Gasteiger partial charge in [-0.05, 0) is 46.0 Å². The lowest BCUT2D eigenvalue weighted by Crippen LogP contribution is -2.40. The zero-order chi connectivity index (χ0) is 14.6. The molecule has 0 aromatic rings. The molecule has 0 spiro atoms. The fourth-order valence-corrected chi connectivity index (χ4v) is 2.72. The van der Waals surface area contributed by atoms with E-state index in [0.717, 1.165) is 39.3 Å². The van der Waals surface area contributed by atoms with E-state index >= 15 is 0 Å². The molecule has 2 aliphatic rings. The summed E-state index contributed by atoms with van der Waals surface area (Å²) in [4.78, 5) is 13.8. The van der Waals surface area contributed by atoms with Crippen LogP contribution < -0.4 is 5.32 Å². The van der Waals surface area contributed by atoms with Gasteiger partial charge in [0.15, 0.2) is 0 Å². The summed E-state index contributed by atoms with van der Waals surface area (Å²) in [5.74, 6) is 0.624. The van der Waals surface area contributed by atoms with E-state index in [9.17, 15) is 4.79 Å². The van der Waals surface area contributed by atoms with Crippen molar-refractivity contribution in [2.24, 2.45) is 5.92 Å². The quantitative estimate of drug-likeness (QED) is 0.861. The van der Waals surface area contributed by atoms with Crippen LogP contribution in [0.1, 0.15) is 40.0 Å². The standard InChI is InChI=1S/C15H28N2O3/c1-15(2,3)20-14(18)17-7-6-13(10-17)16-9-12-5-4-8-19-11-12/h12-13,16H,4-11H2,1-3H3. The molecule has 0 aliphatic carbocycles. The van der Waals surface area contributed by atoms with Gasteiger partial charge in [-0.1, -0.05) is 0 Å². The fourth-order valence-electron chi connectivity index (χ4n) is 2.72. The normalized spacial score (nSPS) is 27.6. The van der Waals surface area contributed by atoms with Gasteiger partial charge in [0.2, 0.25) is 0 Å². The molecular formula is C15H28N2O3. The van der Waals surface area contributed by atoms with Crippen LogP contribution in [0.25, 0.3) is 0 Å². The molecule has 0 saturated carbocycles. The average Bonchev–Trinajstić information content (AvgIpc) is 2.84. The van der Waals surface area contributed by atoms with Gasteiger partial charge < -0.3 is 19.7 Å². The van der Waals surface area contributed by atoms with Crippen LogP contribution in [0, 0.1) is 5.92 Å². The van der Waals surface area contributed by atoms with Crippen molar-refractivity contribution in [3.05, 3.63) is 0 Å². The molecule has 2 saturated heterocycles. The smallest absolute Gasteiger partial charge is 0.410 e. The van der Waals surface area contributed by atoms with Crippen LogP contribution in [0.2, 0.25) is 0 Å². The molecule has 0 aromatic carbocycles. The number of hydrogen-bond acceptors (Lipinski definition) is 4. The first kappa shape index (κ1) is 15.6. The molecule has 1 amide bonds. The maximum Gasteiger partial charge on any atom is 0.410 e. The van der Waals surface area contributed by atoms with Crippen molar-refractivity contribution >= 4 is 6.09 Å². The first-order chi connectivity index (χ1) is 9.44. The Labute approximate surface area is 122 Å². The molecule has 2 fully saturated rings. The highest BCUT2D eigenvalue weighted by molar-refractivity contribution is 5.68. The minimum absolute atomic E-state index is 0.192. The van der Waals surface area contributed by atoms with Gasteiger partial charge in [-0.25, -0.2) is 4.79 Å². The molecule has 116 valence electrons. The minimum atomic E-state index is -0.415. The molecule has 2 unspecified atom stereocenters. The van der Waals surface area contributed by atoms with Gasteiger partial charge in [-0.3, -0.25) is 0 Å². The van der Waals surface area contributed by atoms with Gasteiger partial charge in [0.25, 0.3) is 0 Å². The van der Waals surface area contributed by atoms with E-state index in [1.807, 2.05) is 20.8 Å². The zero-order valence-corrected chi connectivity index (χ0v) is 13.0. The number of ether oxygens (including phenoxy) is 2. The van der Waals surface area contributed by atoms with E-state index in [4.69, 9.17) is 9.47 Å². The van der Waals surface area contributed by atoms with Crippen molar-refractivity contribution < 1.29 is 14.3 Å². The third-order valence-electron chi connectivity index (χ3n) is 3.79. The Bertz CT molecular complexity index is 322. The molecule has 0 bridgehead atoms. The number of carbonyl (C=O) groups is 1. The minimum Gasteiger partial charge on any atom is -0.444 e. The molecule has 0 radical (unpaired) electrons. The summed E-state index contributed by atoms with van der Waals surface area (Å²) in [7, 11) is 0. The molecule has 2 heterocycles. The maximum atomic E-state index is 12.0. The van der Waals surface area contributed by atoms with Crippen molar-refractivity contribution in [2.45, 2.75) is 51.7 Å². The van der Waals surface area contributed by atoms with Crippen LogP contribution in [-0.2, 0) is 9.47 Å². The van der Waals surface area contributed by atoms with Crippen molar-refractivity contribution in [1.82, 2.24) is 10.2 Å². The first-order valence-electron chi connectivity index (χ1n) is 7.73. The second-order valence-corrected chi connectivity index (χ2v) is 6.90. The van der Waals surface area contributed by atoms with Gasteiger partial charge >= 0.3 is 6.09 Å². The van der Waals surface area contributed by atoms with Crippen molar-refractivity contribution in [3.8, 4) is 0 Å². The Morgan fingerprint density at radius 1 is 1.40 bits per heavy atom. The highest BCUT2D eigenvalue weighted by Gasteiger charge is 2.29. The molecule has 2 aliphatic heterocycles. The summed E-state index contributed by atoms with van der Waals surface area (Å²) in [5.41, 5.74) is -0.415. The molecule has 1 N–H and O–H groups in total. The lowest BCUT2D eigenvalue weighted by Gasteiger charge is -2.25. The van der Waals surface area contributed by atoms with Crippen LogP contribution in [0.4, 0.5) is 4.79 Å². The summed E-state index contributed by atoms with van der Waals surface area (Å²) in [6.45, 7) is 10.0. The SMILES string of the molecule is CC(C)(C)OC(=O)N1CCC(NCC2CCCOC2)C1. The summed E-state index contributed by atoms with van der Waals surface area (Å²) in [6.07, 6.45) is 3.23. The molecule has 20 heavy (non-hydrogen) atoms. The highest BCUT2D eigenvalue weighted by Crippen LogP contribution is 2.17. The largest absolute Gasteiger partial charge is 0.444 e. The topological polar surface area (TPSA) is 50.8 Å². The molecule has 0 aromatic heterocycles. The zero-order valence-electron chi connectivity index (χ0n) is 13.0. The Balaban J connectivity index is 1.68. The maximum absolute atomic E-state index is 12.0. The van der Waals surface area contributed by atoms with Gasteiger partial charge in [-0.15, -0.1) is 0 Å². The number of nitrogens with one attached hydrogen (secondary N) is 1. The van der Waals surface area contributed by atoms with Gasteiger partial charge in [-0.2, -0.15) is 0 Å². The van der Waals surface area contributed by atoms with Crippen LogP contribution in [0.15, 0.2) is 0 Å². The molecule has 2 rings (SSSR count). The molecule has 5 nitrogen and oxygen atoms in total. The predicted molar refractivity (Wildman–Crippen MR) is 77.8 cm³/mol. The van der Waals surface area contributed by atoms with E-state index < -0.39 is 5.60 Å². The molecular weight excluding hydrogens is 256 g/mol. The van der Waals surface area contributed by atoms with E-state index in [1.54, 1.807) is 4.90 Å². The Morgan fingerprint density at radius 2 is 2.20 bits per heavy atom.